The lowest BCUT2D eigenvalue weighted by Gasteiger charge is -2.34. The van der Waals surface area contributed by atoms with E-state index in [9.17, 15) is 8.42 Å². The molecular formula is C26H34N4O4S. The molecule has 0 aliphatic carbocycles. The number of benzene rings is 2. The fourth-order valence-corrected chi connectivity index (χ4v) is 4.92. The van der Waals surface area contributed by atoms with Gasteiger partial charge in [-0.05, 0) is 37.0 Å². The number of para-hydroxylation sites is 2. The van der Waals surface area contributed by atoms with Crippen molar-refractivity contribution in [3.8, 4) is 5.75 Å². The van der Waals surface area contributed by atoms with Crippen molar-refractivity contribution in [1.29, 1.82) is 0 Å². The predicted octanol–water partition coefficient (Wildman–Crippen LogP) is 3.83. The second kappa shape index (κ2) is 11.7. The summed E-state index contributed by atoms with van der Waals surface area (Å²) in [4.78, 5) is 6.98. The number of aryl methyl sites for hydroxylation is 1. The highest BCUT2D eigenvalue weighted by Crippen LogP contribution is 2.29. The van der Waals surface area contributed by atoms with Gasteiger partial charge in [0.2, 0.25) is 10.0 Å². The van der Waals surface area contributed by atoms with Crippen LogP contribution in [-0.2, 0) is 21.8 Å². The first-order valence-electron chi connectivity index (χ1n) is 12.0. The van der Waals surface area contributed by atoms with Crippen molar-refractivity contribution < 1.29 is 17.9 Å². The number of aromatic nitrogens is 2. The number of likely N-dealkylation sites (tertiary alicyclic amines) is 1. The average Bonchev–Trinajstić information content (AvgIpc) is 3.27. The van der Waals surface area contributed by atoms with E-state index in [1.54, 1.807) is 18.2 Å². The number of nitrogens with zero attached hydrogens (tertiary/aromatic N) is 3. The minimum atomic E-state index is -3.35. The number of piperidine rings is 1. The Bertz CT molecular complexity index is 1170. The lowest BCUT2D eigenvalue weighted by atomic mass is 10.0. The minimum Gasteiger partial charge on any atom is -0.491 e. The molecule has 2 aromatic carbocycles. The molecule has 2 heterocycles. The van der Waals surface area contributed by atoms with Crippen molar-refractivity contribution >= 4 is 15.7 Å². The van der Waals surface area contributed by atoms with Gasteiger partial charge >= 0.3 is 0 Å². The van der Waals surface area contributed by atoms with Crippen molar-refractivity contribution in [3.63, 3.8) is 0 Å². The van der Waals surface area contributed by atoms with E-state index in [0.29, 0.717) is 18.0 Å². The molecule has 1 N–H and O–H groups in total. The summed E-state index contributed by atoms with van der Waals surface area (Å²) in [5, 5.41) is 0. The summed E-state index contributed by atoms with van der Waals surface area (Å²) < 4.78 is 40.1. The molecule has 4 rings (SSSR count). The Hall–Kier alpha value is -2.88. The van der Waals surface area contributed by atoms with E-state index < -0.39 is 10.0 Å². The maximum Gasteiger partial charge on any atom is 0.229 e. The highest BCUT2D eigenvalue weighted by Gasteiger charge is 2.26. The molecule has 1 aromatic heterocycles. The van der Waals surface area contributed by atoms with Gasteiger partial charge in [-0.2, -0.15) is 0 Å². The normalized spacial score (nSPS) is 16.2. The van der Waals surface area contributed by atoms with Gasteiger partial charge < -0.3 is 18.9 Å². The van der Waals surface area contributed by atoms with Crippen LogP contribution in [0.15, 0.2) is 67.0 Å². The van der Waals surface area contributed by atoms with Gasteiger partial charge in [0.25, 0.3) is 0 Å². The van der Waals surface area contributed by atoms with Crippen LogP contribution in [0.1, 0.15) is 36.8 Å². The molecule has 1 unspecified atom stereocenters. The highest BCUT2D eigenvalue weighted by molar-refractivity contribution is 7.92. The van der Waals surface area contributed by atoms with Crippen molar-refractivity contribution in [2.24, 2.45) is 7.05 Å². The van der Waals surface area contributed by atoms with Gasteiger partial charge in [-0.1, -0.05) is 42.5 Å². The Morgan fingerprint density at radius 1 is 1.09 bits per heavy atom. The first-order valence-corrected chi connectivity index (χ1v) is 13.9. The molecule has 1 aliphatic rings. The molecule has 3 aromatic rings. The molecule has 188 valence electrons. The van der Waals surface area contributed by atoms with Gasteiger partial charge in [0.15, 0.2) is 0 Å². The lowest BCUT2D eigenvalue weighted by Crippen LogP contribution is -2.38. The Kier molecular flexibility index (Phi) is 8.43. The number of anilines is 1. The lowest BCUT2D eigenvalue weighted by molar-refractivity contribution is -0.0314. The van der Waals surface area contributed by atoms with E-state index in [2.05, 4.69) is 26.7 Å². The van der Waals surface area contributed by atoms with Crippen molar-refractivity contribution in [3.05, 3.63) is 78.4 Å². The quantitative estimate of drug-likeness (QED) is 0.405. The second-order valence-corrected chi connectivity index (χ2v) is 10.7. The Labute approximate surface area is 207 Å². The van der Waals surface area contributed by atoms with Crippen LogP contribution in [0.3, 0.4) is 0 Å². The minimum absolute atomic E-state index is 0.179. The first-order chi connectivity index (χ1) is 16.9. The van der Waals surface area contributed by atoms with Crippen LogP contribution < -0.4 is 9.46 Å². The van der Waals surface area contributed by atoms with E-state index in [0.717, 1.165) is 56.5 Å². The molecule has 1 fully saturated rings. The fraction of sp³-hybridized carbons (Fsp3) is 0.423. The SMILES string of the molecule is Cn1ccnc1C(OC1CCN(CCCOc2ccccc2NS(C)(=O)=O)CC1)c1ccccc1. The molecule has 1 saturated heterocycles. The van der Waals surface area contributed by atoms with Gasteiger partial charge in [0.05, 0.1) is 24.7 Å². The topological polar surface area (TPSA) is 85.7 Å². The van der Waals surface area contributed by atoms with Gasteiger partial charge in [0, 0.05) is 39.1 Å². The van der Waals surface area contributed by atoms with Crippen LogP contribution in [0.4, 0.5) is 5.69 Å². The number of sulfonamides is 1. The van der Waals surface area contributed by atoms with Crippen molar-refractivity contribution in [2.45, 2.75) is 31.5 Å². The zero-order chi connectivity index (χ0) is 24.7. The monoisotopic (exact) mass is 498 g/mol. The van der Waals surface area contributed by atoms with Gasteiger partial charge in [0.1, 0.15) is 17.7 Å². The summed E-state index contributed by atoms with van der Waals surface area (Å²) in [7, 11) is -1.35. The van der Waals surface area contributed by atoms with Crippen LogP contribution in [0, 0.1) is 0 Å². The number of imidazole rings is 1. The van der Waals surface area contributed by atoms with E-state index in [1.807, 2.05) is 48.3 Å². The molecule has 0 radical (unpaired) electrons. The zero-order valence-electron chi connectivity index (χ0n) is 20.3. The molecular weight excluding hydrogens is 464 g/mol. The van der Waals surface area contributed by atoms with Crippen LogP contribution in [0.25, 0.3) is 0 Å². The fourth-order valence-electron chi connectivity index (χ4n) is 4.35. The van der Waals surface area contributed by atoms with E-state index in [-0.39, 0.29) is 12.2 Å². The van der Waals surface area contributed by atoms with Crippen LogP contribution in [0.5, 0.6) is 5.75 Å². The summed E-state index contributed by atoms with van der Waals surface area (Å²) in [5.74, 6) is 1.47. The predicted molar refractivity (Wildman–Crippen MR) is 137 cm³/mol. The Morgan fingerprint density at radius 2 is 1.80 bits per heavy atom. The van der Waals surface area contributed by atoms with Crippen LogP contribution in [0.2, 0.25) is 0 Å². The second-order valence-electron chi connectivity index (χ2n) is 8.94. The zero-order valence-corrected chi connectivity index (χ0v) is 21.2. The smallest absolute Gasteiger partial charge is 0.229 e. The van der Waals surface area contributed by atoms with Gasteiger partial charge in [-0.15, -0.1) is 0 Å². The summed E-state index contributed by atoms with van der Waals surface area (Å²) in [5.41, 5.74) is 1.58. The number of hydrogen-bond donors (Lipinski definition) is 1. The largest absolute Gasteiger partial charge is 0.491 e. The Morgan fingerprint density at radius 3 is 2.49 bits per heavy atom. The van der Waals surface area contributed by atoms with Crippen molar-refractivity contribution in [1.82, 2.24) is 14.5 Å². The number of rotatable bonds is 11. The maximum absolute atomic E-state index is 11.6. The molecule has 35 heavy (non-hydrogen) atoms. The van der Waals surface area contributed by atoms with E-state index >= 15 is 0 Å². The highest BCUT2D eigenvalue weighted by atomic mass is 32.2. The molecule has 0 amide bonds. The molecule has 0 spiro atoms. The van der Waals surface area contributed by atoms with Gasteiger partial charge in [-0.3, -0.25) is 4.72 Å². The first kappa shape index (κ1) is 25.2. The van der Waals surface area contributed by atoms with Crippen molar-refractivity contribution in [2.75, 3.05) is 37.2 Å². The van der Waals surface area contributed by atoms with Gasteiger partial charge in [-0.25, -0.2) is 13.4 Å². The number of nitrogens with one attached hydrogen (secondary N) is 1. The van der Waals surface area contributed by atoms with Crippen LogP contribution in [-0.4, -0.2) is 61.5 Å². The summed E-state index contributed by atoms with van der Waals surface area (Å²) in [6.45, 7) is 3.39. The molecule has 0 bridgehead atoms. The third kappa shape index (κ3) is 7.30. The summed E-state index contributed by atoms with van der Waals surface area (Å²) in [6.07, 6.45) is 7.70. The third-order valence-corrected chi connectivity index (χ3v) is 6.71. The average molecular weight is 499 g/mol. The molecule has 9 heteroatoms. The molecule has 1 aliphatic heterocycles. The van der Waals surface area contributed by atoms with E-state index in [1.165, 1.54) is 0 Å². The molecule has 0 saturated carbocycles. The van der Waals surface area contributed by atoms with Crippen LogP contribution >= 0.6 is 0 Å². The third-order valence-electron chi connectivity index (χ3n) is 6.12. The maximum atomic E-state index is 11.6. The number of ether oxygens (including phenoxy) is 2. The van der Waals surface area contributed by atoms with E-state index in [4.69, 9.17) is 9.47 Å². The summed E-state index contributed by atoms with van der Waals surface area (Å²) in [6, 6.07) is 17.4. The Balaban J connectivity index is 1.24. The molecule has 8 nitrogen and oxygen atoms in total. The molecule has 1 atom stereocenters. The summed E-state index contributed by atoms with van der Waals surface area (Å²) >= 11 is 0. The number of hydrogen-bond acceptors (Lipinski definition) is 6. The standard InChI is InChI=1S/C26H34N4O4S/c1-29-19-15-27-26(29)25(21-9-4-3-5-10-21)34-22-13-17-30(18-14-22)16-8-20-33-24-12-7-6-11-23(24)28-35(2,31)32/h3-7,9-12,15,19,22,25,28H,8,13-14,16-18,20H2,1-2H3.